The number of benzene rings is 1. The van der Waals surface area contributed by atoms with E-state index in [-0.39, 0.29) is 12.3 Å². The molecule has 2 rings (SSSR count). The van der Waals surface area contributed by atoms with Crippen LogP contribution in [0.1, 0.15) is 24.8 Å². The van der Waals surface area contributed by atoms with Crippen LogP contribution in [0.2, 0.25) is 5.02 Å². The summed E-state index contributed by atoms with van der Waals surface area (Å²) in [4.78, 5) is 12.9. The molecule has 1 heterocycles. The van der Waals surface area contributed by atoms with Gasteiger partial charge in [-0.05, 0) is 37.0 Å². The van der Waals surface area contributed by atoms with Crippen LogP contribution < -0.4 is 4.90 Å². The van der Waals surface area contributed by atoms with Crippen molar-refractivity contribution in [2.45, 2.75) is 19.3 Å². The van der Waals surface area contributed by atoms with E-state index in [1.165, 1.54) is 0 Å². The van der Waals surface area contributed by atoms with E-state index in [0.29, 0.717) is 10.6 Å². The van der Waals surface area contributed by atoms with E-state index in [1.54, 1.807) is 12.1 Å². The Morgan fingerprint density at radius 2 is 2.16 bits per heavy atom. The smallest absolute Gasteiger partial charge is 0.303 e. The van der Waals surface area contributed by atoms with E-state index >= 15 is 0 Å². The lowest BCUT2D eigenvalue weighted by atomic mass is 9.93. The van der Waals surface area contributed by atoms with Gasteiger partial charge in [-0.15, -0.1) is 0 Å². The molecule has 4 nitrogen and oxygen atoms in total. The van der Waals surface area contributed by atoms with Crippen molar-refractivity contribution in [2.75, 3.05) is 18.0 Å². The first-order chi connectivity index (χ1) is 9.10. The quantitative estimate of drug-likeness (QED) is 0.923. The summed E-state index contributed by atoms with van der Waals surface area (Å²) in [6, 6.07) is 7.46. The molecule has 1 aromatic rings. The standard InChI is InChI=1S/C14H15ClN2O2/c15-13-8-12(2-1-11(13)9-16)17-5-3-10(4-6-17)7-14(18)19/h1-2,8,10H,3-7H2,(H,18,19). The summed E-state index contributed by atoms with van der Waals surface area (Å²) in [6.07, 6.45) is 2.01. The predicted molar refractivity (Wildman–Crippen MR) is 73.4 cm³/mol. The average Bonchev–Trinajstić information content (AvgIpc) is 2.39. The van der Waals surface area contributed by atoms with E-state index in [1.807, 2.05) is 12.1 Å². The Balaban J connectivity index is 2.00. The minimum atomic E-state index is -0.722. The molecule has 1 N–H and O–H groups in total. The highest BCUT2D eigenvalue weighted by Crippen LogP contribution is 2.28. The lowest BCUT2D eigenvalue weighted by Crippen LogP contribution is -2.34. The molecule has 0 spiro atoms. The Labute approximate surface area is 117 Å². The second kappa shape index (κ2) is 5.94. The topological polar surface area (TPSA) is 64.3 Å². The SMILES string of the molecule is N#Cc1ccc(N2CCC(CC(=O)O)CC2)cc1Cl. The number of rotatable bonds is 3. The molecule has 0 radical (unpaired) electrons. The zero-order chi connectivity index (χ0) is 13.8. The fourth-order valence-electron chi connectivity index (χ4n) is 2.43. The summed E-state index contributed by atoms with van der Waals surface area (Å²) in [7, 11) is 0. The number of hydrogen-bond acceptors (Lipinski definition) is 3. The minimum Gasteiger partial charge on any atom is -0.481 e. The van der Waals surface area contributed by atoms with E-state index in [2.05, 4.69) is 4.90 Å². The van der Waals surface area contributed by atoms with Gasteiger partial charge in [-0.3, -0.25) is 4.79 Å². The van der Waals surface area contributed by atoms with E-state index in [4.69, 9.17) is 22.0 Å². The number of anilines is 1. The van der Waals surface area contributed by atoms with Crippen LogP contribution in [0.3, 0.4) is 0 Å². The maximum Gasteiger partial charge on any atom is 0.303 e. The number of nitrogens with zero attached hydrogens (tertiary/aromatic N) is 2. The molecular formula is C14H15ClN2O2. The minimum absolute atomic E-state index is 0.252. The Bertz CT molecular complexity index is 517. The van der Waals surface area contributed by atoms with Gasteiger partial charge in [-0.25, -0.2) is 0 Å². The van der Waals surface area contributed by atoms with E-state index in [0.717, 1.165) is 31.6 Å². The number of hydrogen-bond donors (Lipinski definition) is 1. The lowest BCUT2D eigenvalue weighted by molar-refractivity contribution is -0.138. The predicted octanol–water partition coefficient (Wildman–Crippen LogP) is 2.90. The van der Waals surface area contributed by atoms with Crippen molar-refractivity contribution in [1.29, 1.82) is 5.26 Å². The molecular weight excluding hydrogens is 264 g/mol. The summed E-state index contributed by atoms with van der Waals surface area (Å²) in [5, 5.41) is 18.1. The van der Waals surface area contributed by atoms with E-state index in [9.17, 15) is 4.79 Å². The van der Waals surface area contributed by atoms with Gasteiger partial charge in [0.15, 0.2) is 0 Å². The Hall–Kier alpha value is -1.73. The largest absolute Gasteiger partial charge is 0.481 e. The van der Waals surface area contributed by atoms with Crippen LogP contribution in [0, 0.1) is 17.2 Å². The van der Waals surface area contributed by atoms with Gasteiger partial charge < -0.3 is 10.0 Å². The zero-order valence-electron chi connectivity index (χ0n) is 10.5. The Morgan fingerprint density at radius 3 is 2.68 bits per heavy atom. The van der Waals surface area contributed by atoms with Crippen LogP contribution in [0.5, 0.6) is 0 Å². The van der Waals surface area contributed by atoms with E-state index < -0.39 is 5.97 Å². The summed E-state index contributed by atoms with van der Waals surface area (Å²) in [5.74, 6) is -0.456. The van der Waals surface area contributed by atoms with Crippen LogP contribution in [0.15, 0.2) is 18.2 Å². The van der Waals surface area contributed by atoms with Crippen LogP contribution >= 0.6 is 11.6 Å². The third-order valence-corrected chi connectivity index (χ3v) is 3.83. The van der Waals surface area contributed by atoms with Crippen molar-refractivity contribution in [1.82, 2.24) is 0 Å². The monoisotopic (exact) mass is 278 g/mol. The molecule has 1 fully saturated rings. The number of piperidine rings is 1. The highest BCUT2D eigenvalue weighted by Gasteiger charge is 2.21. The fraction of sp³-hybridized carbons (Fsp3) is 0.429. The summed E-state index contributed by atoms with van der Waals surface area (Å²) >= 11 is 6.02. The maximum absolute atomic E-state index is 10.7. The molecule has 100 valence electrons. The Kier molecular flexibility index (Phi) is 4.28. The molecule has 1 aliphatic rings. The second-order valence-corrected chi connectivity index (χ2v) is 5.21. The van der Waals surface area contributed by atoms with Crippen molar-refractivity contribution in [3.05, 3.63) is 28.8 Å². The van der Waals surface area contributed by atoms with Gasteiger partial charge in [0, 0.05) is 25.2 Å². The molecule has 5 heteroatoms. The van der Waals surface area contributed by atoms with Gasteiger partial charge >= 0.3 is 5.97 Å². The third-order valence-electron chi connectivity index (χ3n) is 3.52. The number of carbonyl (C=O) groups is 1. The van der Waals surface area contributed by atoms with Gasteiger partial charge in [0.05, 0.1) is 10.6 Å². The summed E-state index contributed by atoms with van der Waals surface area (Å²) < 4.78 is 0. The van der Waals surface area contributed by atoms with Crippen LogP contribution in [-0.2, 0) is 4.79 Å². The fourth-order valence-corrected chi connectivity index (χ4v) is 2.65. The molecule has 0 bridgehead atoms. The van der Waals surface area contributed by atoms with Crippen molar-refractivity contribution in [3.63, 3.8) is 0 Å². The molecule has 0 amide bonds. The first kappa shape index (κ1) is 13.7. The van der Waals surface area contributed by atoms with Gasteiger partial charge in [0.25, 0.3) is 0 Å². The first-order valence-corrected chi connectivity index (χ1v) is 6.64. The lowest BCUT2D eigenvalue weighted by Gasteiger charge is -2.33. The first-order valence-electron chi connectivity index (χ1n) is 6.26. The molecule has 0 aromatic heterocycles. The molecule has 1 aliphatic heterocycles. The van der Waals surface area contributed by atoms with Gasteiger partial charge in [0.1, 0.15) is 6.07 Å². The maximum atomic E-state index is 10.7. The van der Waals surface area contributed by atoms with Gasteiger partial charge in [0.2, 0.25) is 0 Å². The normalized spacial score (nSPS) is 16.1. The third kappa shape index (κ3) is 3.39. The highest BCUT2D eigenvalue weighted by atomic mass is 35.5. The van der Waals surface area contributed by atoms with Crippen molar-refractivity contribution in [2.24, 2.45) is 5.92 Å². The number of carboxylic acid groups (broad SMARTS) is 1. The highest BCUT2D eigenvalue weighted by molar-refractivity contribution is 6.32. The average molecular weight is 279 g/mol. The molecule has 0 unspecified atom stereocenters. The summed E-state index contributed by atoms with van der Waals surface area (Å²) in [6.45, 7) is 1.67. The molecule has 1 aromatic carbocycles. The number of nitriles is 1. The van der Waals surface area contributed by atoms with Crippen LogP contribution in [0.4, 0.5) is 5.69 Å². The number of aliphatic carboxylic acids is 1. The van der Waals surface area contributed by atoms with Crippen molar-refractivity contribution >= 4 is 23.3 Å². The van der Waals surface area contributed by atoms with Crippen LogP contribution in [0.25, 0.3) is 0 Å². The molecule has 0 aliphatic carbocycles. The number of halogens is 1. The van der Waals surface area contributed by atoms with Crippen LogP contribution in [-0.4, -0.2) is 24.2 Å². The van der Waals surface area contributed by atoms with Crippen molar-refractivity contribution in [3.8, 4) is 6.07 Å². The molecule has 19 heavy (non-hydrogen) atoms. The Morgan fingerprint density at radius 1 is 1.47 bits per heavy atom. The molecule has 1 saturated heterocycles. The van der Waals surface area contributed by atoms with Gasteiger partial charge in [-0.2, -0.15) is 5.26 Å². The summed E-state index contributed by atoms with van der Waals surface area (Å²) in [5.41, 5.74) is 1.48. The molecule has 0 saturated carbocycles. The van der Waals surface area contributed by atoms with Gasteiger partial charge in [-0.1, -0.05) is 11.6 Å². The molecule has 0 atom stereocenters. The number of carboxylic acids is 1. The van der Waals surface area contributed by atoms with Crippen molar-refractivity contribution < 1.29 is 9.90 Å². The zero-order valence-corrected chi connectivity index (χ0v) is 11.2. The second-order valence-electron chi connectivity index (χ2n) is 4.80.